The van der Waals surface area contributed by atoms with Gasteiger partial charge in [0.1, 0.15) is 0 Å². The third-order valence-corrected chi connectivity index (χ3v) is 6.15. The van der Waals surface area contributed by atoms with E-state index in [2.05, 4.69) is 11.4 Å². The number of likely N-dealkylation sites (N-methyl/N-ethyl adjacent to an activating group) is 1. The van der Waals surface area contributed by atoms with Crippen LogP contribution in [0.4, 0.5) is 8.78 Å². The number of aryl methyl sites for hydroxylation is 1. The minimum absolute atomic E-state index is 0.0295. The number of thiophene rings is 1. The summed E-state index contributed by atoms with van der Waals surface area (Å²) < 4.78 is 27.2. The van der Waals surface area contributed by atoms with Gasteiger partial charge in [-0.15, -0.1) is 11.3 Å². The topological polar surface area (TPSA) is 12.0 Å². The van der Waals surface area contributed by atoms with Crippen LogP contribution < -0.4 is 5.32 Å². The number of thioether (sulfide) groups is 1. The van der Waals surface area contributed by atoms with Crippen molar-refractivity contribution in [2.24, 2.45) is 0 Å². The number of halogens is 2. The van der Waals surface area contributed by atoms with E-state index in [0.29, 0.717) is 12.0 Å². The molecule has 0 bridgehead atoms. The van der Waals surface area contributed by atoms with Crippen LogP contribution in [-0.2, 0) is 18.6 Å². The van der Waals surface area contributed by atoms with Crippen LogP contribution >= 0.6 is 23.1 Å². The average molecular weight is 325 g/mol. The van der Waals surface area contributed by atoms with Gasteiger partial charge < -0.3 is 5.32 Å². The molecule has 112 valence electrons. The summed E-state index contributed by atoms with van der Waals surface area (Å²) in [5.41, 5.74) is 1.83. The van der Waals surface area contributed by atoms with Gasteiger partial charge in [-0.25, -0.2) is 8.78 Å². The Balaban J connectivity index is 1.85. The van der Waals surface area contributed by atoms with Crippen molar-refractivity contribution < 1.29 is 8.78 Å². The van der Waals surface area contributed by atoms with Gasteiger partial charge in [0.15, 0.2) is 11.6 Å². The molecule has 1 atom stereocenters. The lowest BCUT2D eigenvalue weighted by molar-refractivity contribution is 0.488. The van der Waals surface area contributed by atoms with Crippen LogP contribution in [0.1, 0.15) is 26.9 Å². The van der Waals surface area contributed by atoms with Gasteiger partial charge in [-0.05, 0) is 48.9 Å². The molecule has 1 aromatic heterocycles. The van der Waals surface area contributed by atoms with Crippen LogP contribution in [0.2, 0.25) is 0 Å². The van der Waals surface area contributed by atoms with E-state index in [9.17, 15) is 8.78 Å². The van der Waals surface area contributed by atoms with Crippen LogP contribution in [0.15, 0.2) is 24.3 Å². The molecule has 1 nitrogen and oxygen atoms in total. The molecule has 0 aliphatic carbocycles. The van der Waals surface area contributed by atoms with Crippen molar-refractivity contribution in [2.45, 2.75) is 24.6 Å². The van der Waals surface area contributed by atoms with Crippen LogP contribution in [-0.4, -0.2) is 12.8 Å². The fraction of sp³-hybridized carbons (Fsp3) is 0.375. The van der Waals surface area contributed by atoms with Gasteiger partial charge in [0.2, 0.25) is 0 Å². The van der Waals surface area contributed by atoms with Crippen molar-refractivity contribution in [3.63, 3.8) is 0 Å². The monoisotopic (exact) mass is 325 g/mol. The van der Waals surface area contributed by atoms with Crippen molar-refractivity contribution in [1.29, 1.82) is 0 Å². The van der Waals surface area contributed by atoms with E-state index in [1.807, 2.05) is 18.8 Å². The molecular weight excluding hydrogens is 308 g/mol. The number of hydrogen-bond acceptors (Lipinski definition) is 3. The molecular formula is C16H17F2NS2. The van der Waals surface area contributed by atoms with E-state index in [1.54, 1.807) is 23.5 Å². The summed E-state index contributed by atoms with van der Waals surface area (Å²) >= 11 is 3.76. The van der Waals surface area contributed by atoms with Crippen molar-refractivity contribution in [1.82, 2.24) is 5.32 Å². The van der Waals surface area contributed by atoms with Gasteiger partial charge >= 0.3 is 0 Å². The molecule has 5 heteroatoms. The number of fused-ring (bicyclic) bond motifs is 1. The van der Waals surface area contributed by atoms with Gasteiger partial charge in [0.25, 0.3) is 0 Å². The third kappa shape index (κ3) is 3.15. The Morgan fingerprint density at radius 2 is 2.19 bits per heavy atom. The zero-order valence-electron chi connectivity index (χ0n) is 11.8. The van der Waals surface area contributed by atoms with E-state index in [-0.39, 0.29) is 6.04 Å². The van der Waals surface area contributed by atoms with Gasteiger partial charge in [-0.1, -0.05) is 12.1 Å². The number of benzene rings is 1. The largest absolute Gasteiger partial charge is 0.312 e. The van der Waals surface area contributed by atoms with Crippen LogP contribution in [0, 0.1) is 11.6 Å². The Morgan fingerprint density at radius 3 is 2.95 bits per heavy atom. The number of hydrogen-bond donors (Lipinski definition) is 1. The van der Waals surface area contributed by atoms with Gasteiger partial charge in [0, 0.05) is 21.5 Å². The van der Waals surface area contributed by atoms with Crippen molar-refractivity contribution >= 4 is 23.1 Å². The Hall–Kier alpha value is -0.910. The molecule has 1 aliphatic heterocycles. The van der Waals surface area contributed by atoms with E-state index >= 15 is 0 Å². The van der Waals surface area contributed by atoms with Crippen molar-refractivity contribution in [3.05, 3.63) is 56.8 Å². The Kier molecular flexibility index (Phi) is 4.62. The normalized spacial score (nSPS) is 15.8. The number of rotatable bonds is 4. The third-order valence-electron chi connectivity index (χ3n) is 3.79. The highest BCUT2D eigenvalue weighted by molar-refractivity contribution is 7.98. The maximum Gasteiger partial charge on any atom is 0.162 e. The molecule has 1 unspecified atom stereocenters. The number of nitrogens with one attached hydrogen (secondary N) is 1. The summed E-state index contributed by atoms with van der Waals surface area (Å²) in [6, 6.07) is 6.64. The highest BCUT2D eigenvalue weighted by atomic mass is 32.2. The smallest absolute Gasteiger partial charge is 0.162 e. The lowest BCUT2D eigenvalue weighted by Gasteiger charge is -2.15. The molecule has 1 N–H and O–H groups in total. The van der Waals surface area contributed by atoms with Crippen molar-refractivity contribution in [3.8, 4) is 0 Å². The summed E-state index contributed by atoms with van der Waals surface area (Å²) in [5.74, 6) is 0.741. The van der Waals surface area contributed by atoms with E-state index < -0.39 is 11.6 Å². The molecule has 1 aliphatic rings. The minimum atomic E-state index is -0.774. The summed E-state index contributed by atoms with van der Waals surface area (Å²) in [5, 5.41) is 3.24. The second kappa shape index (κ2) is 6.46. The first kappa shape index (κ1) is 15.0. The summed E-state index contributed by atoms with van der Waals surface area (Å²) in [6.07, 6.45) is 1.59. The fourth-order valence-corrected chi connectivity index (χ4v) is 5.10. The highest BCUT2D eigenvalue weighted by Gasteiger charge is 2.20. The standard InChI is InChI=1S/C16H17F2NS2/c1-19-13(7-10-3-2-4-12(17)16(10)18)15-8-11-9-20-6-5-14(11)21-15/h2-4,8,13,19H,5-7,9H2,1H3. The van der Waals surface area contributed by atoms with Gasteiger partial charge in [0.05, 0.1) is 0 Å². The molecule has 1 aromatic carbocycles. The van der Waals surface area contributed by atoms with E-state index in [0.717, 1.165) is 18.2 Å². The van der Waals surface area contributed by atoms with Crippen LogP contribution in [0.5, 0.6) is 0 Å². The second-order valence-electron chi connectivity index (χ2n) is 5.16. The molecule has 21 heavy (non-hydrogen) atoms. The lowest BCUT2D eigenvalue weighted by Crippen LogP contribution is -2.18. The fourth-order valence-electron chi connectivity index (χ4n) is 2.61. The summed E-state index contributed by atoms with van der Waals surface area (Å²) in [6.45, 7) is 0. The average Bonchev–Trinajstić information content (AvgIpc) is 2.92. The molecule has 3 rings (SSSR count). The first-order valence-corrected chi connectivity index (χ1v) is 8.95. The molecule has 0 saturated carbocycles. The zero-order chi connectivity index (χ0) is 14.8. The zero-order valence-corrected chi connectivity index (χ0v) is 13.4. The summed E-state index contributed by atoms with van der Waals surface area (Å²) in [4.78, 5) is 2.66. The molecule has 0 fully saturated rings. The molecule has 0 saturated heterocycles. The van der Waals surface area contributed by atoms with E-state index in [1.165, 1.54) is 21.1 Å². The van der Waals surface area contributed by atoms with Crippen LogP contribution in [0.3, 0.4) is 0 Å². The van der Waals surface area contributed by atoms with Gasteiger partial charge in [-0.2, -0.15) is 11.8 Å². The second-order valence-corrected chi connectivity index (χ2v) is 7.43. The first-order chi connectivity index (χ1) is 10.2. The van der Waals surface area contributed by atoms with Crippen LogP contribution in [0.25, 0.3) is 0 Å². The Bertz CT molecular complexity index is 616. The lowest BCUT2D eigenvalue weighted by atomic mass is 10.0. The molecule has 0 spiro atoms. The Labute approximate surface area is 131 Å². The molecule has 2 aromatic rings. The van der Waals surface area contributed by atoms with E-state index in [4.69, 9.17) is 0 Å². The highest BCUT2D eigenvalue weighted by Crippen LogP contribution is 2.35. The predicted octanol–water partition coefficient (Wildman–Crippen LogP) is 4.32. The quantitative estimate of drug-likeness (QED) is 0.898. The Morgan fingerprint density at radius 1 is 1.33 bits per heavy atom. The minimum Gasteiger partial charge on any atom is -0.312 e. The van der Waals surface area contributed by atoms with Crippen molar-refractivity contribution in [2.75, 3.05) is 12.8 Å². The van der Waals surface area contributed by atoms with Gasteiger partial charge in [-0.3, -0.25) is 0 Å². The first-order valence-electron chi connectivity index (χ1n) is 6.98. The maximum atomic E-state index is 13.8. The predicted molar refractivity (Wildman–Crippen MR) is 86.0 cm³/mol. The maximum absolute atomic E-state index is 13.8. The molecule has 2 heterocycles. The molecule has 0 amide bonds. The summed E-state index contributed by atoms with van der Waals surface area (Å²) in [7, 11) is 1.87. The SMILES string of the molecule is CNC(Cc1cccc(F)c1F)c1cc2c(s1)CCSC2. The molecule has 0 radical (unpaired) electrons.